The molecule has 0 saturated heterocycles. The number of amides is 2. The van der Waals surface area contributed by atoms with Crippen LogP contribution in [-0.2, 0) is 14.3 Å². The average molecular weight is 351 g/mol. The lowest BCUT2D eigenvalue weighted by Gasteiger charge is -2.10. The molecule has 2 amide bonds. The summed E-state index contributed by atoms with van der Waals surface area (Å²) in [5, 5.41) is 7.96. The first kappa shape index (κ1) is 19.6. The van der Waals surface area contributed by atoms with Crippen LogP contribution in [0.5, 0.6) is 0 Å². The number of carbonyl (C=O) groups excluding carboxylic acids is 3. The highest BCUT2D eigenvalue weighted by atomic mass is 32.1. The summed E-state index contributed by atoms with van der Waals surface area (Å²) >= 11 is 5.03. The molecule has 0 bridgehead atoms. The Bertz CT molecular complexity index is 602. The lowest BCUT2D eigenvalue weighted by Crippen LogP contribution is -2.34. The first-order valence-electron chi connectivity index (χ1n) is 7.54. The molecular weight excluding hydrogens is 330 g/mol. The number of anilines is 1. The molecule has 0 heterocycles. The van der Waals surface area contributed by atoms with Gasteiger partial charge < -0.3 is 20.7 Å². The number of carbonyl (C=O) groups is 3. The molecule has 130 valence electrons. The van der Waals surface area contributed by atoms with Gasteiger partial charge in [-0.3, -0.25) is 14.4 Å². The number of hydrogen-bond acceptors (Lipinski definition) is 5. The van der Waals surface area contributed by atoms with Crippen LogP contribution in [0.4, 0.5) is 5.69 Å². The van der Waals surface area contributed by atoms with E-state index in [0.717, 1.165) is 6.42 Å². The van der Waals surface area contributed by atoms with E-state index in [-0.39, 0.29) is 29.8 Å². The first-order chi connectivity index (χ1) is 11.5. The molecule has 24 heavy (non-hydrogen) atoms. The van der Waals surface area contributed by atoms with Crippen LogP contribution in [0.15, 0.2) is 24.3 Å². The Labute approximate surface area is 146 Å². The van der Waals surface area contributed by atoms with Gasteiger partial charge in [-0.15, -0.1) is 0 Å². The van der Waals surface area contributed by atoms with Crippen molar-refractivity contribution in [3.63, 3.8) is 0 Å². The van der Waals surface area contributed by atoms with Crippen molar-refractivity contribution in [2.45, 2.75) is 26.2 Å². The second-order valence-electron chi connectivity index (χ2n) is 4.88. The Morgan fingerprint density at radius 1 is 1.12 bits per heavy atom. The van der Waals surface area contributed by atoms with Gasteiger partial charge in [-0.1, -0.05) is 6.92 Å². The molecule has 7 nitrogen and oxygen atoms in total. The molecule has 0 spiro atoms. The predicted octanol–water partition coefficient (Wildman–Crippen LogP) is 1.59. The lowest BCUT2D eigenvalue weighted by atomic mass is 10.2. The molecule has 1 rings (SSSR count). The number of hydrogen-bond donors (Lipinski definition) is 3. The standard InChI is InChI=1S/C16H21N3O4S/c1-3-10-23-14(21)9-8-13(20)19-16(24)18-12-6-4-11(5-7-12)15(22)17-2/h4-7H,3,8-10H2,1-2H3,(H,17,22)(H2,18,19,20,24). The molecule has 0 saturated carbocycles. The summed E-state index contributed by atoms with van der Waals surface area (Å²) in [5.74, 6) is -0.967. The highest BCUT2D eigenvalue weighted by molar-refractivity contribution is 7.80. The second-order valence-corrected chi connectivity index (χ2v) is 5.29. The molecule has 3 N–H and O–H groups in total. The summed E-state index contributed by atoms with van der Waals surface area (Å²) in [6, 6.07) is 6.61. The highest BCUT2D eigenvalue weighted by Gasteiger charge is 2.10. The Kier molecular flexibility index (Phi) is 8.42. The Hall–Kier alpha value is -2.48. The van der Waals surface area contributed by atoms with Crippen molar-refractivity contribution in [1.29, 1.82) is 0 Å². The molecule has 8 heteroatoms. The topological polar surface area (TPSA) is 96.5 Å². The van der Waals surface area contributed by atoms with Crippen LogP contribution >= 0.6 is 12.2 Å². The maximum Gasteiger partial charge on any atom is 0.306 e. The number of esters is 1. The minimum Gasteiger partial charge on any atom is -0.466 e. The van der Waals surface area contributed by atoms with Crippen LogP contribution in [0.3, 0.4) is 0 Å². The van der Waals surface area contributed by atoms with Crippen LogP contribution in [0.1, 0.15) is 36.5 Å². The third-order valence-electron chi connectivity index (χ3n) is 2.91. The minimum absolute atomic E-state index is 0.0000231. The fourth-order valence-electron chi connectivity index (χ4n) is 1.70. The molecule has 0 aliphatic heterocycles. The molecule has 1 aromatic carbocycles. The van der Waals surface area contributed by atoms with Gasteiger partial charge in [0.15, 0.2) is 5.11 Å². The summed E-state index contributed by atoms with van der Waals surface area (Å²) in [6.45, 7) is 2.25. The van der Waals surface area contributed by atoms with Gasteiger partial charge in [0.2, 0.25) is 5.91 Å². The summed E-state index contributed by atoms with van der Waals surface area (Å²) in [5.41, 5.74) is 1.15. The van der Waals surface area contributed by atoms with Crippen molar-refractivity contribution < 1.29 is 19.1 Å². The lowest BCUT2D eigenvalue weighted by molar-refractivity contribution is -0.144. The smallest absolute Gasteiger partial charge is 0.306 e. The fourth-order valence-corrected chi connectivity index (χ4v) is 1.94. The Morgan fingerprint density at radius 3 is 2.38 bits per heavy atom. The number of benzene rings is 1. The number of nitrogens with one attached hydrogen (secondary N) is 3. The second kappa shape index (κ2) is 10.3. The van der Waals surface area contributed by atoms with Gasteiger partial charge in [0.05, 0.1) is 13.0 Å². The molecule has 1 aromatic rings. The maximum absolute atomic E-state index is 11.7. The van der Waals surface area contributed by atoms with E-state index in [4.69, 9.17) is 17.0 Å². The van der Waals surface area contributed by atoms with Gasteiger partial charge in [0.1, 0.15) is 0 Å². The predicted molar refractivity (Wildman–Crippen MR) is 94.7 cm³/mol. The number of ether oxygens (including phenoxy) is 1. The largest absolute Gasteiger partial charge is 0.466 e. The Balaban J connectivity index is 2.38. The van der Waals surface area contributed by atoms with E-state index in [1.165, 1.54) is 0 Å². The van der Waals surface area contributed by atoms with Crippen LogP contribution in [-0.4, -0.2) is 36.6 Å². The van der Waals surface area contributed by atoms with Crippen molar-refractivity contribution in [3.05, 3.63) is 29.8 Å². The highest BCUT2D eigenvalue weighted by Crippen LogP contribution is 2.09. The maximum atomic E-state index is 11.7. The minimum atomic E-state index is -0.407. The van der Waals surface area contributed by atoms with Gasteiger partial charge in [-0.05, 0) is 42.9 Å². The fraction of sp³-hybridized carbons (Fsp3) is 0.375. The zero-order valence-corrected chi connectivity index (χ0v) is 14.5. The van der Waals surface area contributed by atoms with E-state index in [0.29, 0.717) is 17.9 Å². The molecule has 0 aliphatic carbocycles. The van der Waals surface area contributed by atoms with Crippen LogP contribution in [0.2, 0.25) is 0 Å². The normalized spacial score (nSPS) is 9.75. The third kappa shape index (κ3) is 7.19. The summed E-state index contributed by atoms with van der Waals surface area (Å²) in [6.07, 6.45) is 0.750. The van der Waals surface area contributed by atoms with Crippen LogP contribution in [0.25, 0.3) is 0 Å². The van der Waals surface area contributed by atoms with E-state index in [9.17, 15) is 14.4 Å². The summed E-state index contributed by atoms with van der Waals surface area (Å²) in [4.78, 5) is 34.4. The zero-order chi connectivity index (χ0) is 17.9. The van der Waals surface area contributed by atoms with Crippen molar-refractivity contribution in [1.82, 2.24) is 10.6 Å². The van der Waals surface area contributed by atoms with Crippen molar-refractivity contribution in [2.24, 2.45) is 0 Å². The molecule has 0 fully saturated rings. The van der Waals surface area contributed by atoms with Gasteiger partial charge in [0.25, 0.3) is 5.91 Å². The van der Waals surface area contributed by atoms with Gasteiger partial charge in [-0.25, -0.2) is 0 Å². The SMILES string of the molecule is CCCOC(=O)CCC(=O)NC(=S)Nc1ccc(C(=O)NC)cc1. The quantitative estimate of drug-likeness (QED) is 0.510. The van der Waals surface area contributed by atoms with Crippen molar-refractivity contribution >= 4 is 40.8 Å². The molecule has 0 aliphatic rings. The summed E-state index contributed by atoms with van der Waals surface area (Å²) < 4.78 is 4.88. The van der Waals surface area contributed by atoms with Gasteiger partial charge in [0, 0.05) is 24.7 Å². The van der Waals surface area contributed by atoms with E-state index in [2.05, 4.69) is 16.0 Å². The molecular formula is C16H21N3O4S. The molecule has 0 atom stereocenters. The monoisotopic (exact) mass is 351 g/mol. The van der Waals surface area contributed by atoms with Crippen LogP contribution < -0.4 is 16.0 Å². The van der Waals surface area contributed by atoms with Gasteiger partial charge >= 0.3 is 5.97 Å². The molecule has 0 radical (unpaired) electrons. The number of rotatable bonds is 7. The van der Waals surface area contributed by atoms with Crippen molar-refractivity contribution in [3.8, 4) is 0 Å². The van der Waals surface area contributed by atoms with Gasteiger partial charge in [-0.2, -0.15) is 0 Å². The van der Waals surface area contributed by atoms with E-state index in [1.54, 1.807) is 31.3 Å². The third-order valence-corrected chi connectivity index (χ3v) is 3.11. The van der Waals surface area contributed by atoms with E-state index in [1.807, 2.05) is 6.92 Å². The van der Waals surface area contributed by atoms with E-state index >= 15 is 0 Å². The molecule has 0 aromatic heterocycles. The van der Waals surface area contributed by atoms with Crippen LogP contribution in [0, 0.1) is 0 Å². The Morgan fingerprint density at radius 2 is 1.79 bits per heavy atom. The molecule has 0 unspecified atom stereocenters. The van der Waals surface area contributed by atoms with E-state index < -0.39 is 5.97 Å². The summed E-state index contributed by atoms with van der Waals surface area (Å²) in [7, 11) is 1.55. The average Bonchev–Trinajstić information content (AvgIpc) is 2.57. The zero-order valence-electron chi connectivity index (χ0n) is 13.7. The first-order valence-corrected chi connectivity index (χ1v) is 7.95. The number of thiocarbonyl (C=S) groups is 1. The van der Waals surface area contributed by atoms with Crippen molar-refractivity contribution in [2.75, 3.05) is 19.0 Å².